The third kappa shape index (κ3) is 1.86. The molecule has 1 heterocycles. The summed E-state index contributed by atoms with van der Waals surface area (Å²) in [7, 11) is 0. The monoisotopic (exact) mass is 272 g/mol. The summed E-state index contributed by atoms with van der Waals surface area (Å²) < 4.78 is 0. The predicted molar refractivity (Wildman–Crippen MR) is 81.3 cm³/mol. The largest absolute Gasteiger partial charge is 0.358 e. The average molecular weight is 272 g/mol. The first kappa shape index (κ1) is 11.7. The Morgan fingerprint density at radius 3 is 2.84 bits per heavy atom. The van der Waals surface area contributed by atoms with Crippen LogP contribution in [0.4, 0.5) is 0 Å². The van der Waals surface area contributed by atoms with E-state index in [2.05, 4.69) is 34.5 Å². The molecule has 1 saturated heterocycles. The van der Waals surface area contributed by atoms with E-state index in [0.29, 0.717) is 18.1 Å². The first-order chi connectivity index (χ1) is 9.33. The Balaban J connectivity index is 1.59. The summed E-state index contributed by atoms with van der Waals surface area (Å²) in [6.45, 7) is 0. The van der Waals surface area contributed by atoms with Gasteiger partial charge >= 0.3 is 0 Å². The fourth-order valence-electron chi connectivity index (χ4n) is 4.18. The van der Waals surface area contributed by atoms with Crippen LogP contribution in [0.2, 0.25) is 0 Å². The summed E-state index contributed by atoms with van der Waals surface area (Å²) in [5.74, 6) is 0. The molecular weight excluding hydrogens is 252 g/mol. The van der Waals surface area contributed by atoms with Crippen molar-refractivity contribution in [3.63, 3.8) is 0 Å². The van der Waals surface area contributed by atoms with Crippen LogP contribution in [0.1, 0.15) is 36.8 Å². The van der Waals surface area contributed by atoms with Crippen LogP contribution in [-0.2, 0) is 12.8 Å². The molecule has 4 rings (SSSR count). The van der Waals surface area contributed by atoms with Crippen LogP contribution >= 0.6 is 12.2 Å². The molecule has 0 spiro atoms. The molecule has 1 aliphatic heterocycles. The van der Waals surface area contributed by atoms with E-state index in [-0.39, 0.29) is 0 Å². The van der Waals surface area contributed by atoms with E-state index in [4.69, 9.17) is 12.2 Å². The van der Waals surface area contributed by atoms with Crippen LogP contribution in [0, 0.1) is 0 Å². The standard InChI is InChI=1S/C16H20N2S/c19-16-17-14-6-3-7-15(14)18(16)13-9-8-11-4-1-2-5-12(11)10-13/h1-2,4-5,13-15H,3,6-10H2,(H,17,19). The van der Waals surface area contributed by atoms with Gasteiger partial charge in [0.15, 0.2) is 5.11 Å². The van der Waals surface area contributed by atoms with Gasteiger partial charge in [0.2, 0.25) is 0 Å². The molecule has 19 heavy (non-hydrogen) atoms. The SMILES string of the molecule is S=C1NC2CCCC2N1C1CCc2ccccc2C1. The lowest BCUT2D eigenvalue weighted by Gasteiger charge is -2.36. The molecule has 1 N–H and O–H groups in total. The second-order valence-electron chi connectivity index (χ2n) is 6.13. The molecular formula is C16H20N2S. The maximum Gasteiger partial charge on any atom is 0.169 e. The Morgan fingerprint density at radius 1 is 1.11 bits per heavy atom. The normalized spacial score (nSPS) is 32.9. The minimum atomic E-state index is 0.614. The molecule has 3 atom stereocenters. The van der Waals surface area contributed by atoms with Crippen LogP contribution in [0.15, 0.2) is 24.3 Å². The zero-order valence-corrected chi connectivity index (χ0v) is 12.0. The van der Waals surface area contributed by atoms with Gasteiger partial charge in [-0.05, 0) is 61.9 Å². The molecule has 0 radical (unpaired) electrons. The molecule has 1 saturated carbocycles. The maximum atomic E-state index is 5.59. The van der Waals surface area contributed by atoms with E-state index in [9.17, 15) is 0 Å². The molecule has 3 heteroatoms. The number of hydrogen-bond acceptors (Lipinski definition) is 1. The zero-order valence-electron chi connectivity index (χ0n) is 11.1. The van der Waals surface area contributed by atoms with Crippen molar-refractivity contribution in [3.8, 4) is 0 Å². The first-order valence-electron chi connectivity index (χ1n) is 7.48. The highest BCUT2D eigenvalue weighted by Gasteiger charge is 2.43. The van der Waals surface area contributed by atoms with Gasteiger partial charge < -0.3 is 10.2 Å². The lowest BCUT2D eigenvalue weighted by molar-refractivity contribution is 0.235. The third-order valence-corrected chi connectivity index (χ3v) is 5.42. The maximum absolute atomic E-state index is 5.59. The number of thiocarbonyl (C=S) groups is 1. The van der Waals surface area contributed by atoms with Crippen molar-refractivity contribution in [2.75, 3.05) is 0 Å². The number of fused-ring (bicyclic) bond motifs is 2. The van der Waals surface area contributed by atoms with Crippen molar-refractivity contribution >= 4 is 17.3 Å². The summed E-state index contributed by atoms with van der Waals surface area (Å²) >= 11 is 5.59. The number of nitrogens with zero attached hydrogens (tertiary/aromatic N) is 1. The van der Waals surface area contributed by atoms with Crippen molar-refractivity contribution in [1.82, 2.24) is 10.2 Å². The third-order valence-electron chi connectivity index (χ3n) is 5.09. The molecule has 1 aromatic carbocycles. The average Bonchev–Trinajstić information content (AvgIpc) is 2.98. The van der Waals surface area contributed by atoms with Crippen LogP contribution in [0.3, 0.4) is 0 Å². The first-order valence-corrected chi connectivity index (χ1v) is 7.89. The van der Waals surface area contributed by atoms with Crippen molar-refractivity contribution in [2.45, 2.75) is 56.7 Å². The van der Waals surface area contributed by atoms with Gasteiger partial charge in [-0.25, -0.2) is 0 Å². The van der Waals surface area contributed by atoms with Gasteiger partial charge in [0, 0.05) is 12.1 Å². The number of benzene rings is 1. The Bertz CT molecular complexity index is 513. The van der Waals surface area contributed by atoms with E-state index in [1.54, 1.807) is 5.56 Å². The molecule has 100 valence electrons. The second kappa shape index (κ2) is 4.48. The highest BCUT2D eigenvalue weighted by Crippen LogP contribution is 2.34. The smallest absolute Gasteiger partial charge is 0.169 e. The van der Waals surface area contributed by atoms with Gasteiger partial charge in [0.25, 0.3) is 0 Å². The molecule has 2 aliphatic carbocycles. The molecule has 2 nitrogen and oxygen atoms in total. The van der Waals surface area contributed by atoms with Crippen molar-refractivity contribution in [1.29, 1.82) is 0 Å². The minimum Gasteiger partial charge on any atom is -0.358 e. The van der Waals surface area contributed by atoms with Crippen molar-refractivity contribution in [2.24, 2.45) is 0 Å². The van der Waals surface area contributed by atoms with Gasteiger partial charge in [-0.15, -0.1) is 0 Å². The molecule has 1 aromatic rings. The molecule has 2 fully saturated rings. The fraction of sp³-hybridized carbons (Fsp3) is 0.562. The second-order valence-corrected chi connectivity index (χ2v) is 6.51. The quantitative estimate of drug-likeness (QED) is 0.791. The van der Waals surface area contributed by atoms with E-state index < -0.39 is 0 Å². The van der Waals surface area contributed by atoms with Crippen LogP contribution in [0.25, 0.3) is 0 Å². The van der Waals surface area contributed by atoms with E-state index in [1.165, 1.54) is 44.1 Å². The molecule has 3 aliphatic rings. The predicted octanol–water partition coefficient (Wildman–Crippen LogP) is 2.66. The fourth-order valence-corrected chi connectivity index (χ4v) is 4.61. The molecule has 0 aromatic heterocycles. The van der Waals surface area contributed by atoms with Crippen LogP contribution < -0.4 is 5.32 Å². The number of rotatable bonds is 1. The lowest BCUT2D eigenvalue weighted by Crippen LogP contribution is -2.45. The number of nitrogens with one attached hydrogen (secondary N) is 1. The minimum absolute atomic E-state index is 0.614. The van der Waals surface area contributed by atoms with Gasteiger partial charge in [-0.3, -0.25) is 0 Å². The van der Waals surface area contributed by atoms with Gasteiger partial charge in [-0.1, -0.05) is 24.3 Å². The van der Waals surface area contributed by atoms with Gasteiger partial charge in [0.05, 0.1) is 6.04 Å². The van der Waals surface area contributed by atoms with Crippen LogP contribution in [-0.4, -0.2) is 28.1 Å². The van der Waals surface area contributed by atoms with Crippen LogP contribution in [0.5, 0.6) is 0 Å². The van der Waals surface area contributed by atoms with Crippen molar-refractivity contribution < 1.29 is 0 Å². The Labute approximate surface area is 120 Å². The van der Waals surface area contributed by atoms with Gasteiger partial charge in [0.1, 0.15) is 0 Å². The summed E-state index contributed by atoms with van der Waals surface area (Å²) in [5, 5.41) is 4.56. The summed E-state index contributed by atoms with van der Waals surface area (Å²) in [6.07, 6.45) is 7.59. The van der Waals surface area contributed by atoms with Crippen molar-refractivity contribution in [3.05, 3.63) is 35.4 Å². The van der Waals surface area contributed by atoms with E-state index in [1.807, 2.05) is 0 Å². The topological polar surface area (TPSA) is 15.3 Å². The Hall–Kier alpha value is -1.09. The molecule has 3 unspecified atom stereocenters. The molecule has 0 amide bonds. The Kier molecular flexibility index (Phi) is 2.76. The molecule has 0 bridgehead atoms. The summed E-state index contributed by atoms with van der Waals surface area (Å²) in [5.41, 5.74) is 3.07. The van der Waals surface area contributed by atoms with E-state index >= 15 is 0 Å². The zero-order chi connectivity index (χ0) is 12.8. The number of aryl methyl sites for hydroxylation is 1. The van der Waals surface area contributed by atoms with Gasteiger partial charge in [-0.2, -0.15) is 0 Å². The Morgan fingerprint density at radius 2 is 1.95 bits per heavy atom. The highest BCUT2D eigenvalue weighted by molar-refractivity contribution is 7.80. The lowest BCUT2D eigenvalue weighted by atomic mass is 9.87. The summed E-state index contributed by atoms with van der Waals surface area (Å²) in [6, 6.07) is 10.8. The summed E-state index contributed by atoms with van der Waals surface area (Å²) in [4.78, 5) is 2.54. The number of hydrogen-bond donors (Lipinski definition) is 1. The van der Waals surface area contributed by atoms with E-state index in [0.717, 1.165) is 5.11 Å². The highest BCUT2D eigenvalue weighted by atomic mass is 32.1.